The van der Waals surface area contributed by atoms with E-state index in [1.807, 2.05) is 0 Å². The van der Waals surface area contributed by atoms with Crippen LogP contribution in [0.1, 0.15) is 61.8 Å². The molecule has 0 N–H and O–H groups in total. The SMILES string of the molecule is CC(C)=C1[C-]=C(C2C=Cc3ccccc32)C=C1.CC(C)=C1[C-]=C(C2C=Cc3ccccc32)C=C1.[Zr+2]. The number of rotatable bonds is 2. The molecule has 0 saturated heterocycles. The minimum Gasteiger partial charge on any atom is -0.177 e. The maximum absolute atomic E-state index is 3.51. The van der Waals surface area contributed by atoms with E-state index >= 15 is 0 Å². The van der Waals surface area contributed by atoms with Crippen LogP contribution in [0.2, 0.25) is 0 Å². The third-order valence-electron chi connectivity index (χ3n) is 6.76. The standard InChI is InChI=1S/2C17H15.Zr/c2*1-12(2)14-7-8-15(11-14)17-10-9-13-5-3-4-6-16(13)17;/h2*3-10,17H,1-2H3;/q2*-1;+2. The minimum atomic E-state index is 0. The van der Waals surface area contributed by atoms with Gasteiger partial charge in [0.05, 0.1) is 0 Å². The molecule has 6 rings (SSSR count). The van der Waals surface area contributed by atoms with E-state index in [0.29, 0.717) is 11.8 Å². The zero-order valence-corrected chi connectivity index (χ0v) is 23.4. The van der Waals surface area contributed by atoms with E-state index in [9.17, 15) is 0 Å². The van der Waals surface area contributed by atoms with Crippen molar-refractivity contribution in [3.05, 3.63) is 153 Å². The van der Waals surface area contributed by atoms with E-state index in [1.165, 1.54) is 55.7 Å². The van der Waals surface area contributed by atoms with E-state index in [4.69, 9.17) is 0 Å². The molecule has 0 heterocycles. The molecule has 4 aliphatic carbocycles. The van der Waals surface area contributed by atoms with Crippen LogP contribution in [0, 0.1) is 12.2 Å². The van der Waals surface area contributed by atoms with Crippen molar-refractivity contribution >= 4 is 12.2 Å². The van der Waals surface area contributed by atoms with Crippen molar-refractivity contribution in [1.82, 2.24) is 0 Å². The summed E-state index contributed by atoms with van der Waals surface area (Å²) in [6, 6.07) is 17.2. The second-order valence-electron chi connectivity index (χ2n) is 9.59. The smallest absolute Gasteiger partial charge is 0.177 e. The summed E-state index contributed by atoms with van der Waals surface area (Å²) in [7, 11) is 0. The molecule has 2 atom stereocenters. The Kier molecular flexibility index (Phi) is 7.88. The molecule has 2 aromatic carbocycles. The summed E-state index contributed by atoms with van der Waals surface area (Å²) in [6.07, 6.45) is 24.7. The summed E-state index contributed by atoms with van der Waals surface area (Å²) in [4.78, 5) is 0. The number of allylic oxidation sites excluding steroid dienone is 14. The molecule has 0 spiro atoms. The molecule has 35 heavy (non-hydrogen) atoms. The van der Waals surface area contributed by atoms with E-state index in [-0.39, 0.29) is 26.2 Å². The van der Waals surface area contributed by atoms with Gasteiger partial charge in [-0.3, -0.25) is 0 Å². The van der Waals surface area contributed by atoms with Crippen LogP contribution in [0.15, 0.2) is 118 Å². The molecule has 0 bridgehead atoms. The Hall–Kier alpha value is -2.76. The van der Waals surface area contributed by atoms with Crippen LogP contribution in [0.3, 0.4) is 0 Å². The average molecular weight is 530 g/mol. The molecule has 4 aliphatic rings. The Morgan fingerprint density at radius 3 is 1.31 bits per heavy atom. The zero-order chi connectivity index (χ0) is 23.7. The predicted molar refractivity (Wildman–Crippen MR) is 145 cm³/mol. The maximum Gasteiger partial charge on any atom is 2.00 e. The Morgan fingerprint density at radius 2 is 0.943 bits per heavy atom. The molecular formula is C34H30Zr. The van der Waals surface area contributed by atoms with Crippen LogP contribution in [0.25, 0.3) is 12.2 Å². The molecule has 1 heteroatoms. The molecule has 0 aliphatic heterocycles. The van der Waals surface area contributed by atoms with Crippen molar-refractivity contribution in [2.24, 2.45) is 0 Å². The largest absolute Gasteiger partial charge is 2.00 e. The van der Waals surface area contributed by atoms with Gasteiger partial charge in [0.1, 0.15) is 0 Å². The molecular weight excluding hydrogens is 500 g/mol. The van der Waals surface area contributed by atoms with Gasteiger partial charge in [-0.25, -0.2) is 0 Å². The van der Waals surface area contributed by atoms with Gasteiger partial charge in [-0.15, -0.1) is 34.4 Å². The van der Waals surface area contributed by atoms with Gasteiger partial charge in [0, 0.05) is 11.8 Å². The van der Waals surface area contributed by atoms with Crippen molar-refractivity contribution in [1.29, 1.82) is 0 Å². The van der Waals surface area contributed by atoms with Crippen LogP contribution in [-0.2, 0) is 26.2 Å². The molecule has 0 nitrogen and oxygen atoms in total. The van der Waals surface area contributed by atoms with Gasteiger partial charge >= 0.3 is 26.2 Å². The summed E-state index contributed by atoms with van der Waals surface area (Å²) in [5, 5.41) is 0. The zero-order valence-electron chi connectivity index (χ0n) is 20.9. The van der Waals surface area contributed by atoms with Gasteiger partial charge in [0.2, 0.25) is 0 Å². The molecule has 0 aromatic heterocycles. The van der Waals surface area contributed by atoms with Gasteiger partial charge in [-0.2, -0.15) is 35.5 Å². The van der Waals surface area contributed by atoms with Gasteiger partial charge in [-0.1, -0.05) is 101 Å². The van der Waals surface area contributed by atoms with E-state index in [1.54, 1.807) is 0 Å². The summed E-state index contributed by atoms with van der Waals surface area (Å²) in [6.45, 7) is 8.53. The fraction of sp³-hybridized carbons (Fsp3) is 0.176. The average Bonchev–Trinajstić information content (AvgIpc) is 3.64. The maximum atomic E-state index is 3.51. The fourth-order valence-corrected chi connectivity index (χ4v) is 4.81. The van der Waals surface area contributed by atoms with E-state index in [2.05, 4.69) is 137 Å². The third kappa shape index (κ3) is 5.26. The summed E-state index contributed by atoms with van der Waals surface area (Å²) in [5.74, 6) is 0.776. The second kappa shape index (κ2) is 10.9. The van der Waals surface area contributed by atoms with Gasteiger partial charge in [0.15, 0.2) is 0 Å². The van der Waals surface area contributed by atoms with Gasteiger partial charge < -0.3 is 0 Å². The first-order valence-corrected chi connectivity index (χ1v) is 12.0. The van der Waals surface area contributed by atoms with Crippen LogP contribution in [0.4, 0.5) is 0 Å². The first kappa shape index (κ1) is 25.3. The van der Waals surface area contributed by atoms with Crippen LogP contribution < -0.4 is 0 Å². The predicted octanol–water partition coefficient (Wildman–Crippen LogP) is 8.86. The minimum absolute atomic E-state index is 0. The van der Waals surface area contributed by atoms with Gasteiger partial charge in [0.25, 0.3) is 0 Å². The van der Waals surface area contributed by atoms with Crippen LogP contribution in [-0.4, -0.2) is 0 Å². The Morgan fingerprint density at radius 1 is 0.543 bits per heavy atom. The van der Waals surface area contributed by atoms with Crippen LogP contribution >= 0.6 is 0 Å². The fourth-order valence-electron chi connectivity index (χ4n) is 4.81. The van der Waals surface area contributed by atoms with E-state index < -0.39 is 0 Å². The Balaban J connectivity index is 0.000000160. The molecule has 2 aromatic rings. The molecule has 170 valence electrons. The third-order valence-corrected chi connectivity index (χ3v) is 6.76. The van der Waals surface area contributed by atoms with Crippen molar-refractivity contribution in [2.75, 3.05) is 0 Å². The number of benzene rings is 2. The topological polar surface area (TPSA) is 0 Å². The first-order chi connectivity index (χ1) is 16.5. The number of hydrogen-bond donors (Lipinski definition) is 0. The summed E-state index contributed by atoms with van der Waals surface area (Å²) < 4.78 is 0. The molecule has 2 unspecified atom stereocenters. The Bertz CT molecular complexity index is 1270. The first-order valence-electron chi connectivity index (χ1n) is 12.0. The molecule has 0 amide bonds. The molecule has 0 fully saturated rings. The monoisotopic (exact) mass is 528 g/mol. The molecule has 0 radical (unpaired) electrons. The van der Waals surface area contributed by atoms with Crippen molar-refractivity contribution in [3.8, 4) is 0 Å². The Labute approximate surface area is 229 Å². The number of fused-ring (bicyclic) bond motifs is 2. The van der Waals surface area contributed by atoms with Crippen molar-refractivity contribution < 1.29 is 26.2 Å². The van der Waals surface area contributed by atoms with E-state index in [0.717, 1.165) is 0 Å². The van der Waals surface area contributed by atoms with Crippen LogP contribution in [0.5, 0.6) is 0 Å². The molecule has 0 saturated carbocycles. The van der Waals surface area contributed by atoms with Crippen molar-refractivity contribution in [3.63, 3.8) is 0 Å². The summed E-state index contributed by atoms with van der Waals surface area (Å²) >= 11 is 0. The number of hydrogen-bond acceptors (Lipinski definition) is 0. The normalized spacial score (nSPS) is 20.1. The van der Waals surface area contributed by atoms with Gasteiger partial charge in [-0.05, 0) is 22.3 Å². The quantitative estimate of drug-likeness (QED) is 0.341. The summed E-state index contributed by atoms with van der Waals surface area (Å²) in [5.41, 5.74) is 13.2. The second-order valence-corrected chi connectivity index (χ2v) is 9.59. The van der Waals surface area contributed by atoms with Crippen molar-refractivity contribution in [2.45, 2.75) is 39.5 Å².